The van der Waals surface area contributed by atoms with Crippen LogP contribution in [0.15, 0.2) is 21.7 Å². The summed E-state index contributed by atoms with van der Waals surface area (Å²) in [5.74, 6) is -0.183. The van der Waals surface area contributed by atoms with Crippen molar-refractivity contribution in [2.75, 3.05) is 33.9 Å². The third-order valence-corrected chi connectivity index (χ3v) is 8.12. The number of methoxy groups -OCH3 is 1. The smallest absolute Gasteiger partial charge is 0.252 e. The number of sulfonamides is 1. The lowest BCUT2D eigenvalue weighted by atomic mass is 9.88. The largest absolute Gasteiger partial charge is 0.381 e. The number of hydrogen-bond acceptors (Lipinski definition) is 6. The highest BCUT2D eigenvalue weighted by molar-refractivity contribution is 7.91. The molecule has 0 N–H and O–H groups in total. The van der Waals surface area contributed by atoms with E-state index in [9.17, 15) is 13.2 Å². The van der Waals surface area contributed by atoms with E-state index in [-0.39, 0.29) is 34.9 Å². The fraction of sp³-hybridized carbons (Fsp3) is 0.688. The van der Waals surface area contributed by atoms with Gasteiger partial charge in [-0.2, -0.15) is 4.31 Å². The van der Waals surface area contributed by atoms with Gasteiger partial charge in [0.05, 0.1) is 31.4 Å². The molecule has 1 saturated heterocycles. The first-order chi connectivity index (χ1) is 11.9. The molecule has 25 heavy (non-hydrogen) atoms. The zero-order chi connectivity index (χ0) is 18.0. The normalized spacial score (nSPS) is 27.3. The van der Waals surface area contributed by atoms with Crippen molar-refractivity contribution in [3.8, 4) is 0 Å². The molecule has 0 spiro atoms. The van der Waals surface area contributed by atoms with Crippen LogP contribution in [0.5, 0.6) is 0 Å². The second kappa shape index (κ2) is 7.71. The summed E-state index contributed by atoms with van der Waals surface area (Å²) >= 11 is 1.15. The minimum atomic E-state index is -3.63. The number of carbonyl (C=O) groups is 1. The van der Waals surface area contributed by atoms with Crippen LogP contribution < -0.4 is 0 Å². The summed E-state index contributed by atoms with van der Waals surface area (Å²) in [7, 11) is -0.495. The lowest BCUT2D eigenvalue weighted by Gasteiger charge is -2.45. The lowest BCUT2D eigenvalue weighted by molar-refractivity contribution is -0.154. The van der Waals surface area contributed by atoms with E-state index in [0.717, 1.165) is 34.9 Å². The predicted molar refractivity (Wildman–Crippen MR) is 94.0 cm³/mol. The highest BCUT2D eigenvalue weighted by Crippen LogP contribution is 2.30. The molecule has 2 aliphatic rings. The molecule has 2 fully saturated rings. The quantitative estimate of drug-likeness (QED) is 0.757. The molecule has 140 valence electrons. The standard InChI is InChI=1S/C16H24N2O5S2/c1-17(25(20,21)16-4-3-9-24-16)11-15(19)18-7-8-23-14-6-5-12(22-2)10-13(14)18/h3-4,9,12-14H,5-8,10-11H2,1-2H3. The van der Waals surface area contributed by atoms with Crippen LogP contribution in [-0.4, -0.2) is 75.6 Å². The first-order valence-electron chi connectivity index (χ1n) is 8.37. The molecule has 7 nitrogen and oxygen atoms in total. The Hall–Kier alpha value is -1.00. The highest BCUT2D eigenvalue weighted by Gasteiger charge is 2.40. The number of ether oxygens (including phenoxy) is 2. The number of likely N-dealkylation sites (N-methyl/N-ethyl adjacent to an activating group) is 1. The van der Waals surface area contributed by atoms with Gasteiger partial charge in [-0.25, -0.2) is 8.42 Å². The van der Waals surface area contributed by atoms with Gasteiger partial charge in [0.2, 0.25) is 5.91 Å². The summed E-state index contributed by atoms with van der Waals surface area (Å²) in [5.41, 5.74) is 0. The van der Waals surface area contributed by atoms with Crippen molar-refractivity contribution in [1.82, 2.24) is 9.21 Å². The summed E-state index contributed by atoms with van der Waals surface area (Å²) in [5, 5.41) is 1.71. The minimum Gasteiger partial charge on any atom is -0.381 e. The molecule has 1 aromatic heterocycles. The molecule has 9 heteroatoms. The van der Waals surface area contributed by atoms with Gasteiger partial charge in [0.15, 0.2) is 0 Å². The van der Waals surface area contributed by atoms with Crippen LogP contribution in [-0.2, 0) is 24.3 Å². The van der Waals surface area contributed by atoms with Gasteiger partial charge in [-0.1, -0.05) is 6.07 Å². The summed E-state index contributed by atoms with van der Waals surface area (Å²) in [6.45, 7) is 0.816. The van der Waals surface area contributed by atoms with Crippen LogP contribution in [0.3, 0.4) is 0 Å². The number of carbonyl (C=O) groups excluding carboxylic acids is 1. The minimum absolute atomic E-state index is 0.0170. The molecule has 1 saturated carbocycles. The zero-order valence-electron chi connectivity index (χ0n) is 14.5. The van der Waals surface area contributed by atoms with Crippen LogP contribution in [0.25, 0.3) is 0 Å². The first kappa shape index (κ1) is 18.8. The van der Waals surface area contributed by atoms with Gasteiger partial charge in [0, 0.05) is 20.7 Å². The summed E-state index contributed by atoms with van der Waals surface area (Å²) < 4.78 is 37.7. The Morgan fingerprint density at radius 2 is 2.28 bits per heavy atom. The number of fused-ring (bicyclic) bond motifs is 1. The molecule has 0 bridgehead atoms. The van der Waals surface area contributed by atoms with Crippen molar-refractivity contribution in [3.63, 3.8) is 0 Å². The van der Waals surface area contributed by atoms with E-state index in [1.54, 1.807) is 29.5 Å². The number of thiophene rings is 1. The topological polar surface area (TPSA) is 76.2 Å². The van der Waals surface area contributed by atoms with Crippen LogP contribution in [0, 0.1) is 0 Å². The summed E-state index contributed by atoms with van der Waals surface area (Å²) in [6.07, 6.45) is 2.64. The number of nitrogens with zero attached hydrogens (tertiary/aromatic N) is 2. The monoisotopic (exact) mass is 388 g/mol. The SMILES string of the molecule is COC1CCC2OCCN(C(=O)CN(C)S(=O)(=O)c3cccs3)C2C1. The Balaban J connectivity index is 1.69. The zero-order valence-corrected chi connectivity index (χ0v) is 16.1. The van der Waals surface area contributed by atoms with Gasteiger partial charge < -0.3 is 14.4 Å². The molecule has 3 rings (SSSR count). The number of rotatable bonds is 5. The van der Waals surface area contributed by atoms with E-state index in [2.05, 4.69) is 0 Å². The highest BCUT2D eigenvalue weighted by atomic mass is 32.2. The molecular formula is C16H24N2O5S2. The summed E-state index contributed by atoms with van der Waals surface area (Å²) in [6, 6.07) is 3.20. The van der Waals surface area contributed by atoms with Gasteiger partial charge >= 0.3 is 0 Å². The van der Waals surface area contributed by atoms with Gasteiger partial charge in [-0.3, -0.25) is 4.79 Å². The van der Waals surface area contributed by atoms with Crippen LogP contribution >= 0.6 is 11.3 Å². The van der Waals surface area contributed by atoms with E-state index in [1.807, 2.05) is 0 Å². The molecule has 3 atom stereocenters. The van der Waals surface area contributed by atoms with Crippen molar-refractivity contribution in [3.05, 3.63) is 17.5 Å². The lowest BCUT2D eigenvalue weighted by Crippen LogP contribution is -2.58. The molecule has 1 aromatic rings. The van der Waals surface area contributed by atoms with Crippen LogP contribution in [0.1, 0.15) is 19.3 Å². The Morgan fingerprint density at radius 1 is 1.48 bits per heavy atom. The van der Waals surface area contributed by atoms with E-state index < -0.39 is 10.0 Å². The Labute approximate surface area is 152 Å². The number of morpholine rings is 1. The third kappa shape index (κ3) is 3.90. The average Bonchev–Trinajstić information content (AvgIpc) is 3.16. The molecule has 1 amide bonds. The van der Waals surface area contributed by atoms with Crippen molar-refractivity contribution < 1.29 is 22.7 Å². The first-order valence-corrected chi connectivity index (χ1v) is 10.7. The molecule has 0 aromatic carbocycles. The van der Waals surface area contributed by atoms with E-state index in [1.165, 1.54) is 7.05 Å². The maximum absolute atomic E-state index is 12.8. The van der Waals surface area contributed by atoms with Crippen molar-refractivity contribution >= 4 is 27.3 Å². The average molecular weight is 389 g/mol. The summed E-state index contributed by atoms with van der Waals surface area (Å²) in [4.78, 5) is 14.6. The molecular weight excluding hydrogens is 364 g/mol. The Kier molecular flexibility index (Phi) is 5.79. The Bertz CT molecular complexity index is 691. The molecule has 2 heterocycles. The fourth-order valence-corrected chi connectivity index (χ4v) is 5.85. The van der Waals surface area contributed by atoms with Crippen LogP contribution in [0.2, 0.25) is 0 Å². The van der Waals surface area contributed by atoms with Gasteiger partial charge in [0.25, 0.3) is 10.0 Å². The molecule has 0 radical (unpaired) electrons. The van der Waals surface area contributed by atoms with Crippen molar-refractivity contribution in [1.29, 1.82) is 0 Å². The molecule has 1 aliphatic heterocycles. The predicted octanol–water partition coefficient (Wildman–Crippen LogP) is 1.16. The second-order valence-electron chi connectivity index (χ2n) is 6.43. The van der Waals surface area contributed by atoms with Crippen molar-refractivity contribution in [2.24, 2.45) is 0 Å². The van der Waals surface area contributed by atoms with Gasteiger partial charge in [-0.15, -0.1) is 11.3 Å². The van der Waals surface area contributed by atoms with Crippen molar-refractivity contribution in [2.45, 2.75) is 41.7 Å². The molecule has 1 aliphatic carbocycles. The van der Waals surface area contributed by atoms with Gasteiger partial charge in [0.1, 0.15) is 4.21 Å². The second-order valence-corrected chi connectivity index (χ2v) is 9.65. The number of amides is 1. The van der Waals surface area contributed by atoms with E-state index >= 15 is 0 Å². The van der Waals surface area contributed by atoms with E-state index in [0.29, 0.717) is 13.2 Å². The fourth-order valence-electron chi connectivity index (χ4n) is 3.53. The molecule has 3 unspecified atom stereocenters. The Morgan fingerprint density at radius 3 is 2.96 bits per heavy atom. The third-order valence-electron chi connectivity index (χ3n) is 4.94. The maximum atomic E-state index is 12.8. The van der Waals surface area contributed by atoms with Gasteiger partial charge in [-0.05, 0) is 30.7 Å². The van der Waals surface area contributed by atoms with Crippen LogP contribution in [0.4, 0.5) is 0 Å². The van der Waals surface area contributed by atoms with E-state index in [4.69, 9.17) is 9.47 Å². The maximum Gasteiger partial charge on any atom is 0.252 e. The number of hydrogen-bond donors (Lipinski definition) is 0.